The smallest absolute Gasteiger partial charge is 0.306 e. The molecule has 1 aromatic carbocycles. The van der Waals surface area contributed by atoms with Crippen molar-refractivity contribution in [3.63, 3.8) is 0 Å². The summed E-state index contributed by atoms with van der Waals surface area (Å²) in [7, 11) is 1.51. The molecule has 0 saturated heterocycles. The van der Waals surface area contributed by atoms with Crippen LogP contribution in [-0.2, 0) is 20.7 Å². The van der Waals surface area contributed by atoms with Crippen LogP contribution in [0.4, 0.5) is 0 Å². The number of amides is 1. The Bertz CT molecular complexity index is 403. The number of hydrogen-bond acceptors (Lipinski definition) is 3. The van der Waals surface area contributed by atoms with E-state index < -0.39 is 0 Å². The molecule has 0 aliphatic carbocycles. The lowest BCUT2D eigenvalue weighted by molar-refractivity contribution is -0.149. The van der Waals surface area contributed by atoms with Gasteiger partial charge in [-0.3, -0.25) is 9.59 Å². The quantitative estimate of drug-likeness (QED) is 0.765. The summed E-state index contributed by atoms with van der Waals surface area (Å²) in [5.41, 5.74) is 1.27. The van der Waals surface area contributed by atoms with E-state index in [4.69, 9.17) is 4.74 Å². The van der Waals surface area contributed by atoms with Gasteiger partial charge in [0.2, 0.25) is 0 Å². The average molecular weight is 263 g/mol. The van der Waals surface area contributed by atoms with E-state index in [1.165, 1.54) is 12.6 Å². The summed E-state index contributed by atoms with van der Waals surface area (Å²) in [6.07, 6.45) is 2.23. The predicted octanol–water partition coefficient (Wildman–Crippen LogP) is 1.93. The highest BCUT2D eigenvalue weighted by atomic mass is 16.5. The van der Waals surface area contributed by atoms with Gasteiger partial charge in [0, 0.05) is 13.5 Å². The van der Waals surface area contributed by atoms with Crippen molar-refractivity contribution in [3.8, 4) is 0 Å². The van der Waals surface area contributed by atoms with Gasteiger partial charge < -0.3 is 10.1 Å². The van der Waals surface area contributed by atoms with Crippen molar-refractivity contribution in [1.82, 2.24) is 5.32 Å². The molecule has 0 aliphatic rings. The van der Waals surface area contributed by atoms with E-state index in [0.29, 0.717) is 6.42 Å². The molecule has 0 bridgehead atoms. The number of nitrogens with one attached hydrogen (secondary N) is 1. The number of likely N-dealkylation sites (N-methyl/N-ethyl adjacent to an activating group) is 1. The first-order valence-corrected chi connectivity index (χ1v) is 6.52. The van der Waals surface area contributed by atoms with E-state index in [-0.39, 0.29) is 24.4 Å². The number of ether oxygens (including phenoxy) is 1. The first-order chi connectivity index (χ1) is 9.11. The minimum absolute atomic E-state index is 0.194. The third kappa shape index (κ3) is 6.60. The lowest BCUT2D eigenvalue weighted by Crippen LogP contribution is -2.25. The van der Waals surface area contributed by atoms with E-state index in [0.717, 1.165) is 12.8 Å². The molecule has 0 saturated carbocycles. The normalized spacial score (nSPS) is 11.7. The third-order valence-corrected chi connectivity index (χ3v) is 2.93. The van der Waals surface area contributed by atoms with Gasteiger partial charge in [-0.1, -0.05) is 37.3 Å². The van der Waals surface area contributed by atoms with Crippen molar-refractivity contribution in [1.29, 1.82) is 0 Å². The number of esters is 1. The van der Waals surface area contributed by atoms with Crippen LogP contribution in [0.1, 0.15) is 25.3 Å². The molecular formula is C15H21NO3. The summed E-state index contributed by atoms with van der Waals surface area (Å²) in [5.74, 6) is -0.355. The van der Waals surface area contributed by atoms with Crippen molar-refractivity contribution in [2.45, 2.75) is 26.2 Å². The van der Waals surface area contributed by atoms with Crippen LogP contribution in [0.2, 0.25) is 0 Å². The maximum atomic E-state index is 11.5. The molecule has 0 radical (unpaired) electrons. The van der Waals surface area contributed by atoms with Crippen LogP contribution >= 0.6 is 0 Å². The summed E-state index contributed by atoms with van der Waals surface area (Å²) in [6, 6.07) is 10.2. The fraction of sp³-hybridized carbons (Fsp3) is 0.467. The van der Waals surface area contributed by atoms with Gasteiger partial charge in [-0.05, 0) is 24.3 Å². The Balaban J connectivity index is 2.21. The van der Waals surface area contributed by atoms with E-state index in [2.05, 4.69) is 17.4 Å². The molecule has 104 valence electrons. The van der Waals surface area contributed by atoms with Crippen LogP contribution in [0, 0.1) is 5.92 Å². The number of aryl methyl sites for hydroxylation is 1. The predicted molar refractivity (Wildman–Crippen MR) is 73.6 cm³/mol. The fourth-order valence-electron chi connectivity index (χ4n) is 1.72. The Kier molecular flexibility index (Phi) is 6.64. The summed E-state index contributed by atoms with van der Waals surface area (Å²) >= 11 is 0. The number of carbonyl (C=O) groups excluding carboxylic acids is 2. The molecule has 1 amide bonds. The molecule has 4 heteroatoms. The van der Waals surface area contributed by atoms with Crippen molar-refractivity contribution in [3.05, 3.63) is 35.9 Å². The highest BCUT2D eigenvalue weighted by Gasteiger charge is 2.11. The summed E-state index contributed by atoms with van der Waals surface area (Å²) in [6.45, 7) is 1.82. The van der Waals surface area contributed by atoms with Crippen molar-refractivity contribution < 1.29 is 14.3 Å². The van der Waals surface area contributed by atoms with Gasteiger partial charge in [-0.25, -0.2) is 0 Å². The number of carbonyl (C=O) groups is 2. The van der Waals surface area contributed by atoms with Crippen LogP contribution in [0.25, 0.3) is 0 Å². The molecule has 1 unspecified atom stereocenters. The molecule has 1 atom stereocenters. The van der Waals surface area contributed by atoms with E-state index in [9.17, 15) is 9.59 Å². The maximum Gasteiger partial charge on any atom is 0.306 e. The molecule has 0 spiro atoms. The third-order valence-electron chi connectivity index (χ3n) is 2.93. The molecule has 0 fully saturated rings. The second kappa shape index (κ2) is 8.29. The van der Waals surface area contributed by atoms with Gasteiger partial charge in [-0.15, -0.1) is 0 Å². The average Bonchev–Trinajstić information content (AvgIpc) is 2.43. The SMILES string of the molecule is CNC(=O)COC(=O)CC(C)CCc1ccccc1. The number of hydrogen-bond donors (Lipinski definition) is 1. The summed E-state index contributed by atoms with van der Waals surface area (Å²) < 4.78 is 4.87. The molecule has 0 heterocycles. The first-order valence-electron chi connectivity index (χ1n) is 6.52. The lowest BCUT2D eigenvalue weighted by atomic mass is 9.98. The van der Waals surface area contributed by atoms with Gasteiger partial charge >= 0.3 is 5.97 Å². The first kappa shape index (κ1) is 15.2. The zero-order valence-electron chi connectivity index (χ0n) is 11.5. The largest absolute Gasteiger partial charge is 0.456 e. The fourth-order valence-corrected chi connectivity index (χ4v) is 1.72. The van der Waals surface area contributed by atoms with Crippen molar-refractivity contribution in [2.24, 2.45) is 5.92 Å². The highest BCUT2D eigenvalue weighted by molar-refractivity contribution is 5.80. The standard InChI is InChI=1S/C15H21NO3/c1-12(8-9-13-6-4-3-5-7-13)10-15(18)19-11-14(17)16-2/h3-7,12H,8-11H2,1-2H3,(H,16,17). The van der Waals surface area contributed by atoms with E-state index >= 15 is 0 Å². The molecule has 0 aromatic heterocycles. The van der Waals surface area contributed by atoms with E-state index in [1.54, 1.807) is 0 Å². The van der Waals surface area contributed by atoms with Crippen molar-refractivity contribution in [2.75, 3.05) is 13.7 Å². The second-order valence-corrected chi connectivity index (χ2v) is 4.67. The Morgan fingerprint density at radius 1 is 1.26 bits per heavy atom. The van der Waals surface area contributed by atoms with Crippen LogP contribution in [-0.4, -0.2) is 25.5 Å². The molecule has 19 heavy (non-hydrogen) atoms. The zero-order chi connectivity index (χ0) is 14.1. The lowest BCUT2D eigenvalue weighted by Gasteiger charge is -2.10. The van der Waals surface area contributed by atoms with Crippen LogP contribution < -0.4 is 5.32 Å². The molecule has 1 rings (SSSR count). The number of benzene rings is 1. The van der Waals surface area contributed by atoms with Crippen LogP contribution in [0.5, 0.6) is 0 Å². The van der Waals surface area contributed by atoms with Gasteiger partial charge in [0.15, 0.2) is 6.61 Å². The van der Waals surface area contributed by atoms with Crippen LogP contribution in [0.15, 0.2) is 30.3 Å². The van der Waals surface area contributed by atoms with Gasteiger partial charge in [0.05, 0.1) is 0 Å². The van der Waals surface area contributed by atoms with Crippen molar-refractivity contribution >= 4 is 11.9 Å². The summed E-state index contributed by atoms with van der Waals surface area (Å²) in [5, 5.41) is 2.40. The molecule has 0 aliphatic heterocycles. The number of rotatable bonds is 7. The van der Waals surface area contributed by atoms with E-state index in [1.807, 2.05) is 25.1 Å². The molecular weight excluding hydrogens is 242 g/mol. The van der Waals surface area contributed by atoms with Gasteiger partial charge in [0.25, 0.3) is 5.91 Å². The maximum absolute atomic E-state index is 11.5. The minimum atomic E-state index is -0.316. The molecule has 1 N–H and O–H groups in total. The second-order valence-electron chi connectivity index (χ2n) is 4.67. The Hall–Kier alpha value is -1.84. The monoisotopic (exact) mass is 263 g/mol. The molecule has 1 aromatic rings. The zero-order valence-corrected chi connectivity index (χ0v) is 11.5. The Morgan fingerprint density at radius 2 is 1.95 bits per heavy atom. The Labute approximate surface area is 114 Å². The van der Waals surface area contributed by atoms with Crippen LogP contribution in [0.3, 0.4) is 0 Å². The minimum Gasteiger partial charge on any atom is -0.456 e. The Morgan fingerprint density at radius 3 is 2.58 bits per heavy atom. The topological polar surface area (TPSA) is 55.4 Å². The molecule has 4 nitrogen and oxygen atoms in total. The van der Waals surface area contributed by atoms with Gasteiger partial charge in [0.1, 0.15) is 0 Å². The summed E-state index contributed by atoms with van der Waals surface area (Å²) in [4.78, 5) is 22.4. The highest BCUT2D eigenvalue weighted by Crippen LogP contribution is 2.13. The van der Waals surface area contributed by atoms with Gasteiger partial charge in [-0.2, -0.15) is 0 Å².